The Labute approximate surface area is 296 Å². The Kier molecular flexibility index (Phi) is 6.91. The van der Waals surface area contributed by atoms with Crippen LogP contribution in [0.3, 0.4) is 0 Å². The summed E-state index contributed by atoms with van der Waals surface area (Å²) in [6, 6.07) is 57.0. The predicted molar refractivity (Wildman–Crippen MR) is 207 cm³/mol. The highest BCUT2D eigenvalue weighted by molar-refractivity contribution is 6.05. The fraction of sp³-hybridized carbons (Fsp3) is 0.0426. The smallest absolute Gasteiger partial charge is 0.164 e. The Balaban J connectivity index is 1.16. The first kappa shape index (κ1) is 29.3. The molecule has 8 aromatic rings. The molecule has 2 heterocycles. The summed E-state index contributed by atoms with van der Waals surface area (Å²) in [5.41, 5.74) is 8.84. The number of ether oxygens (including phenoxy) is 1. The summed E-state index contributed by atoms with van der Waals surface area (Å²) >= 11 is 0. The molecule has 1 aliphatic heterocycles. The number of aromatic nitrogens is 3. The van der Waals surface area contributed by atoms with E-state index in [9.17, 15) is 0 Å². The van der Waals surface area contributed by atoms with Crippen molar-refractivity contribution in [2.75, 3.05) is 0 Å². The van der Waals surface area contributed by atoms with Gasteiger partial charge in [-0.15, -0.1) is 0 Å². The van der Waals surface area contributed by atoms with Crippen LogP contribution >= 0.6 is 0 Å². The fourth-order valence-electron chi connectivity index (χ4n) is 7.66. The third kappa shape index (κ3) is 5.12. The first-order valence-corrected chi connectivity index (χ1v) is 17.3. The monoisotopic (exact) mass is 653 g/mol. The molecule has 0 fully saturated rings. The standard InChI is InChI=1S/C47H31N3O/c1-3-14-31(15-4-1)45-48-46(32-16-5-2-6-17-32)50-47(49-45)39-26-25-38(36-19-9-10-20-37(36)39)41-28-35(34-24-23-30-13-7-8-18-33(30)27-34)29-43-44(41)40-21-11-12-22-42(40)51-43/h1-29,43-44H. The third-order valence-electron chi connectivity index (χ3n) is 10.1. The van der Waals surface area contributed by atoms with Gasteiger partial charge in [0.05, 0.1) is 5.92 Å². The van der Waals surface area contributed by atoms with E-state index in [1.807, 2.05) is 60.7 Å². The Morgan fingerprint density at radius 1 is 0.451 bits per heavy atom. The van der Waals surface area contributed by atoms with Crippen LogP contribution in [0.25, 0.3) is 66.9 Å². The van der Waals surface area contributed by atoms with E-state index in [4.69, 9.17) is 19.7 Å². The molecule has 0 saturated carbocycles. The second-order valence-corrected chi connectivity index (χ2v) is 13.1. The van der Waals surface area contributed by atoms with Gasteiger partial charge in [0.25, 0.3) is 0 Å². The fourth-order valence-corrected chi connectivity index (χ4v) is 7.66. The molecule has 2 aliphatic rings. The summed E-state index contributed by atoms with van der Waals surface area (Å²) in [4.78, 5) is 15.1. The maximum Gasteiger partial charge on any atom is 0.164 e. The van der Waals surface area contributed by atoms with Gasteiger partial charge < -0.3 is 4.74 Å². The molecular weight excluding hydrogens is 623 g/mol. The summed E-state index contributed by atoms with van der Waals surface area (Å²) in [6.07, 6.45) is 4.56. The lowest BCUT2D eigenvalue weighted by atomic mass is 9.77. The van der Waals surface area contributed by atoms with Crippen LogP contribution in [0.4, 0.5) is 0 Å². The van der Waals surface area contributed by atoms with Crippen LogP contribution in [-0.2, 0) is 0 Å². The van der Waals surface area contributed by atoms with Crippen LogP contribution in [0.2, 0.25) is 0 Å². The van der Waals surface area contributed by atoms with Gasteiger partial charge in [-0.1, -0.05) is 146 Å². The van der Waals surface area contributed by atoms with Crippen LogP contribution in [-0.4, -0.2) is 21.1 Å². The first-order valence-electron chi connectivity index (χ1n) is 17.3. The molecule has 1 aromatic heterocycles. The molecule has 4 heteroatoms. The minimum atomic E-state index is -0.118. The summed E-state index contributed by atoms with van der Waals surface area (Å²) in [5, 5.41) is 4.69. The zero-order valence-corrected chi connectivity index (χ0v) is 27.6. The molecule has 240 valence electrons. The van der Waals surface area contributed by atoms with Crippen molar-refractivity contribution in [2.45, 2.75) is 12.0 Å². The van der Waals surface area contributed by atoms with E-state index in [-0.39, 0.29) is 12.0 Å². The molecule has 0 radical (unpaired) electrons. The van der Waals surface area contributed by atoms with E-state index in [0.717, 1.165) is 38.8 Å². The van der Waals surface area contributed by atoms with E-state index < -0.39 is 0 Å². The van der Waals surface area contributed by atoms with Gasteiger partial charge in [-0.3, -0.25) is 0 Å². The number of hydrogen-bond acceptors (Lipinski definition) is 4. The minimum Gasteiger partial charge on any atom is -0.485 e. The maximum absolute atomic E-state index is 6.67. The van der Waals surface area contributed by atoms with Crippen LogP contribution < -0.4 is 4.74 Å². The van der Waals surface area contributed by atoms with Gasteiger partial charge in [0, 0.05) is 22.3 Å². The van der Waals surface area contributed by atoms with Crippen molar-refractivity contribution in [3.63, 3.8) is 0 Å². The summed E-state index contributed by atoms with van der Waals surface area (Å²) in [5.74, 6) is 2.95. The first-order chi connectivity index (χ1) is 25.3. The normalized spacial score (nSPS) is 16.2. The van der Waals surface area contributed by atoms with Gasteiger partial charge in [-0.05, 0) is 74.2 Å². The van der Waals surface area contributed by atoms with Crippen molar-refractivity contribution in [2.24, 2.45) is 0 Å². The van der Waals surface area contributed by atoms with Crippen molar-refractivity contribution in [1.29, 1.82) is 0 Å². The number of allylic oxidation sites excluding steroid dienone is 2. The topological polar surface area (TPSA) is 47.9 Å². The summed E-state index contributed by atoms with van der Waals surface area (Å²) < 4.78 is 6.67. The summed E-state index contributed by atoms with van der Waals surface area (Å²) in [6.45, 7) is 0. The highest BCUT2D eigenvalue weighted by Crippen LogP contribution is 2.51. The molecule has 51 heavy (non-hydrogen) atoms. The van der Waals surface area contributed by atoms with Crippen LogP contribution in [0.15, 0.2) is 176 Å². The van der Waals surface area contributed by atoms with Crippen molar-refractivity contribution < 1.29 is 4.74 Å². The lowest BCUT2D eigenvalue weighted by molar-refractivity contribution is 0.272. The molecule has 0 bridgehead atoms. The van der Waals surface area contributed by atoms with Gasteiger partial charge in [0.1, 0.15) is 11.9 Å². The van der Waals surface area contributed by atoms with E-state index in [0.29, 0.717) is 17.5 Å². The highest BCUT2D eigenvalue weighted by Gasteiger charge is 2.39. The van der Waals surface area contributed by atoms with Crippen LogP contribution in [0, 0.1) is 0 Å². The number of fused-ring (bicyclic) bond motifs is 5. The molecule has 0 N–H and O–H groups in total. The minimum absolute atomic E-state index is 0.0613. The molecule has 1 aliphatic carbocycles. The van der Waals surface area contributed by atoms with Gasteiger partial charge in [0.15, 0.2) is 17.5 Å². The molecule has 4 nitrogen and oxygen atoms in total. The molecule has 7 aromatic carbocycles. The molecule has 0 amide bonds. The van der Waals surface area contributed by atoms with Gasteiger partial charge in [0.2, 0.25) is 0 Å². The predicted octanol–water partition coefficient (Wildman–Crippen LogP) is 11.2. The molecular formula is C47H31N3O. The number of rotatable bonds is 5. The molecule has 10 rings (SSSR count). The van der Waals surface area contributed by atoms with Gasteiger partial charge in [-0.2, -0.15) is 0 Å². The molecule has 2 atom stereocenters. The Morgan fingerprint density at radius 2 is 1.04 bits per heavy atom. The number of nitrogens with zero attached hydrogens (tertiary/aromatic N) is 3. The van der Waals surface area contributed by atoms with E-state index >= 15 is 0 Å². The lowest BCUT2D eigenvalue weighted by Crippen LogP contribution is -2.21. The third-order valence-corrected chi connectivity index (χ3v) is 10.1. The van der Waals surface area contributed by atoms with Crippen LogP contribution in [0.1, 0.15) is 22.6 Å². The highest BCUT2D eigenvalue weighted by atomic mass is 16.5. The molecule has 0 saturated heterocycles. The van der Waals surface area contributed by atoms with Gasteiger partial charge >= 0.3 is 0 Å². The Bertz CT molecular complexity index is 2620. The zero-order chi connectivity index (χ0) is 33.7. The average molecular weight is 654 g/mol. The van der Waals surface area contributed by atoms with E-state index in [1.165, 1.54) is 33.0 Å². The zero-order valence-electron chi connectivity index (χ0n) is 27.6. The van der Waals surface area contributed by atoms with Crippen LogP contribution in [0.5, 0.6) is 5.75 Å². The number of hydrogen-bond donors (Lipinski definition) is 0. The SMILES string of the molecule is C1=C(c2ccc3ccccc3c2)C=C(c2ccc(-c3nc(-c4ccccc4)nc(-c4ccccc4)n3)c3ccccc23)C2c3ccccc3OC12. The summed E-state index contributed by atoms with van der Waals surface area (Å²) in [7, 11) is 0. The molecule has 0 spiro atoms. The van der Waals surface area contributed by atoms with Crippen molar-refractivity contribution in [3.05, 3.63) is 193 Å². The Morgan fingerprint density at radius 3 is 1.78 bits per heavy atom. The van der Waals surface area contributed by atoms with E-state index in [1.54, 1.807) is 0 Å². The number of para-hydroxylation sites is 1. The number of benzene rings is 7. The molecule has 2 unspecified atom stereocenters. The second-order valence-electron chi connectivity index (χ2n) is 13.1. The van der Waals surface area contributed by atoms with Crippen molar-refractivity contribution in [1.82, 2.24) is 15.0 Å². The van der Waals surface area contributed by atoms with Gasteiger partial charge in [-0.25, -0.2) is 15.0 Å². The lowest BCUT2D eigenvalue weighted by Gasteiger charge is -2.27. The largest absolute Gasteiger partial charge is 0.485 e. The van der Waals surface area contributed by atoms with Crippen molar-refractivity contribution in [3.8, 4) is 39.9 Å². The van der Waals surface area contributed by atoms with E-state index in [2.05, 4.69) is 115 Å². The quantitative estimate of drug-likeness (QED) is 0.185. The average Bonchev–Trinajstić information content (AvgIpc) is 3.59. The Hall–Kier alpha value is -6.65. The maximum atomic E-state index is 6.67. The van der Waals surface area contributed by atoms with Crippen molar-refractivity contribution >= 4 is 32.7 Å². The second kappa shape index (κ2) is 12.0.